The van der Waals surface area contributed by atoms with Gasteiger partial charge in [0.05, 0.1) is 22.2 Å². The molecule has 2 aromatic carbocycles. The zero-order valence-corrected chi connectivity index (χ0v) is 16.6. The van der Waals surface area contributed by atoms with E-state index in [4.69, 9.17) is 14.3 Å². The number of nitrogens with one attached hydrogen (secondary N) is 1. The second-order valence-electron chi connectivity index (χ2n) is 9.13. The predicted molar refractivity (Wildman–Crippen MR) is 111 cm³/mol. The van der Waals surface area contributed by atoms with Gasteiger partial charge in [0.15, 0.2) is 0 Å². The number of hydrogen-bond donors (Lipinski definition) is 1. The SMILES string of the molecule is CC1(C)OB(c2ccc3c(ccc4[nH]c(C5CCCC5)nc43)c2)OC1(C)C. The first-order valence-corrected chi connectivity index (χ1v) is 10.1. The van der Waals surface area contributed by atoms with E-state index in [9.17, 15) is 0 Å². The summed E-state index contributed by atoms with van der Waals surface area (Å²) in [6.45, 7) is 8.36. The van der Waals surface area contributed by atoms with Gasteiger partial charge in [-0.05, 0) is 57.5 Å². The molecule has 1 saturated carbocycles. The van der Waals surface area contributed by atoms with E-state index in [0.29, 0.717) is 5.92 Å². The summed E-state index contributed by atoms with van der Waals surface area (Å²) in [7, 11) is -0.330. The van der Waals surface area contributed by atoms with Crippen LogP contribution in [0.5, 0.6) is 0 Å². The average Bonchev–Trinajstić information content (AvgIpc) is 3.32. The molecule has 1 aromatic heterocycles. The number of benzene rings is 2. The molecule has 0 unspecified atom stereocenters. The summed E-state index contributed by atoms with van der Waals surface area (Å²) >= 11 is 0. The quantitative estimate of drug-likeness (QED) is 0.674. The van der Waals surface area contributed by atoms with Crippen molar-refractivity contribution < 1.29 is 9.31 Å². The highest BCUT2D eigenvalue weighted by atomic mass is 16.7. The monoisotopic (exact) mass is 362 g/mol. The first-order chi connectivity index (χ1) is 12.8. The molecule has 1 saturated heterocycles. The van der Waals surface area contributed by atoms with E-state index in [2.05, 4.69) is 63.0 Å². The van der Waals surface area contributed by atoms with Crippen LogP contribution in [0.3, 0.4) is 0 Å². The molecule has 5 heteroatoms. The van der Waals surface area contributed by atoms with Gasteiger partial charge in [-0.3, -0.25) is 0 Å². The molecule has 0 spiro atoms. The zero-order valence-electron chi connectivity index (χ0n) is 16.6. The number of imidazole rings is 1. The third kappa shape index (κ3) is 2.71. The number of nitrogens with zero attached hydrogens (tertiary/aromatic N) is 1. The van der Waals surface area contributed by atoms with Gasteiger partial charge in [-0.2, -0.15) is 0 Å². The molecule has 3 aromatic rings. The van der Waals surface area contributed by atoms with E-state index >= 15 is 0 Å². The first kappa shape index (κ1) is 17.3. The Morgan fingerprint density at radius 3 is 2.41 bits per heavy atom. The fraction of sp³-hybridized carbons (Fsp3) is 0.500. The van der Waals surface area contributed by atoms with Crippen LogP contribution < -0.4 is 5.46 Å². The molecular weight excluding hydrogens is 335 g/mol. The Balaban J connectivity index is 1.54. The lowest BCUT2D eigenvalue weighted by molar-refractivity contribution is 0.00578. The molecule has 0 radical (unpaired) electrons. The van der Waals surface area contributed by atoms with Crippen LogP contribution in [0.4, 0.5) is 0 Å². The van der Waals surface area contributed by atoms with E-state index in [0.717, 1.165) is 22.3 Å². The number of rotatable bonds is 2. The molecule has 4 nitrogen and oxygen atoms in total. The normalized spacial score (nSPS) is 22.3. The summed E-state index contributed by atoms with van der Waals surface area (Å²) in [6.07, 6.45) is 5.15. The third-order valence-electron chi connectivity index (χ3n) is 6.78. The maximum absolute atomic E-state index is 6.21. The Morgan fingerprint density at radius 2 is 1.70 bits per heavy atom. The Morgan fingerprint density at radius 1 is 1.00 bits per heavy atom. The van der Waals surface area contributed by atoms with E-state index in [-0.39, 0.29) is 18.3 Å². The van der Waals surface area contributed by atoms with Crippen molar-refractivity contribution in [1.29, 1.82) is 0 Å². The lowest BCUT2D eigenvalue weighted by Gasteiger charge is -2.32. The Bertz CT molecular complexity index is 1000. The predicted octanol–water partition coefficient (Wildman–Crippen LogP) is 4.67. The standard InChI is InChI=1S/C22H27BN2O2/c1-21(2)22(3,4)27-23(26-21)16-10-11-17-15(13-16)9-12-18-19(17)25-20(24-18)14-7-5-6-8-14/h9-14H,5-8H2,1-4H3,(H,24,25). The highest BCUT2D eigenvalue weighted by Crippen LogP contribution is 2.37. The minimum atomic E-state index is -0.330. The van der Waals surface area contributed by atoms with E-state index in [1.54, 1.807) is 0 Å². The molecule has 2 aliphatic rings. The van der Waals surface area contributed by atoms with Crippen LogP contribution in [0.2, 0.25) is 0 Å². The van der Waals surface area contributed by atoms with Gasteiger partial charge in [-0.1, -0.05) is 37.1 Å². The van der Waals surface area contributed by atoms with Gasteiger partial charge in [-0.25, -0.2) is 4.98 Å². The number of aromatic nitrogens is 2. The lowest BCUT2D eigenvalue weighted by Crippen LogP contribution is -2.41. The van der Waals surface area contributed by atoms with Crippen molar-refractivity contribution in [2.75, 3.05) is 0 Å². The highest BCUT2D eigenvalue weighted by Gasteiger charge is 2.51. The van der Waals surface area contributed by atoms with Gasteiger partial charge in [0, 0.05) is 11.3 Å². The van der Waals surface area contributed by atoms with E-state index in [1.165, 1.54) is 36.5 Å². The molecule has 140 valence electrons. The van der Waals surface area contributed by atoms with Gasteiger partial charge >= 0.3 is 7.12 Å². The smallest absolute Gasteiger partial charge is 0.399 e. The van der Waals surface area contributed by atoms with Crippen molar-refractivity contribution in [2.24, 2.45) is 0 Å². The van der Waals surface area contributed by atoms with E-state index in [1.807, 2.05) is 0 Å². The average molecular weight is 362 g/mol. The van der Waals surface area contributed by atoms with Crippen molar-refractivity contribution in [3.8, 4) is 0 Å². The van der Waals surface area contributed by atoms with Crippen LogP contribution >= 0.6 is 0 Å². The first-order valence-electron chi connectivity index (χ1n) is 10.1. The van der Waals surface area contributed by atoms with Crippen molar-refractivity contribution in [3.63, 3.8) is 0 Å². The molecule has 2 fully saturated rings. The van der Waals surface area contributed by atoms with Crippen molar-refractivity contribution in [1.82, 2.24) is 9.97 Å². The molecule has 0 atom stereocenters. The van der Waals surface area contributed by atoms with Crippen LogP contribution in [0, 0.1) is 0 Å². The number of H-pyrrole nitrogens is 1. The molecular formula is C22H27BN2O2. The van der Waals surface area contributed by atoms with Crippen LogP contribution in [-0.2, 0) is 9.31 Å². The second-order valence-corrected chi connectivity index (χ2v) is 9.13. The molecule has 2 heterocycles. The summed E-state index contributed by atoms with van der Waals surface area (Å²) in [5, 5.41) is 2.37. The van der Waals surface area contributed by atoms with Gasteiger partial charge in [0.1, 0.15) is 5.82 Å². The van der Waals surface area contributed by atoms with Gasteiger partial charge in [0.2, 0.25) is 0 Å². The van der Waals surface area contributed by atoms with Crippen LogP contribution in [-0.4, -0.2) is 28.3 Å². The maximum atomic E-state index is 6.21. The van der Waals surface area contributed by atoms with Crippen LogP contribution in [0.25, 0.3) is 21.8 Å². The minimum absolute atomic E-state index is 0.324. The number of aromatic amines is 1. The van der Waals surface area contributed by atoms with Crippen molar-refractivity contribution in [3.05, 3.63) is 36.2 Å². The fourth-order valence-electron chi connectivity index (χ4n) is 4.36. The van der Waals surface area contributed by atoms with Gasteiger partial charge in [-0.15, -0.1) is 0 Å². The number of hydrogen-bond acceptors (Lipinski definition) is 3. The Labute approximate surface area is 160 Å². The van der Waals surface area contributed by atoms with E-state index < -0.39 is 0 Å². The lowest BCUT2D eigenvalue weighted by atomic mass is 9.78. The zero-order chi connectivity index (χ0) is 18.8. The molecule has 27 heavy (non-hydrogen) atoms. The molecule has 0 bridgehead atoms. The molecule has 0 amide bonds. The largest absolute Gasteiger partial charge is 0.494 e. The third-order valence-corrected chi connectivity index (χ3v) is 6.78. The Kier molecular flexibility index (Phi) is 3.72. The van der Waals surface area contributed by atoms with Gasteiger partial charge < -0.3 is 14.3 Å². The molecule has 1 N–H and O–H groups in total. The van der Waals surface area contributed by atoms with Crippen molar-refractivity contribution in [2.45, 2.75) is 70.5 Å². The fourth-order valence-corrected chi connectivity index (χ4v) is 4.36. The second kappa shape index (κ2) is 5.82. The van der Waals surface area contributed by atoms with Crippen molar-refractivity contribution >= 4 is 34.4 Å². The highest BCUT2D eigenvalue weighted by molar-refractivity contribution is 6.62. The Hall–Kier alpha value is -1.85. The maximum Gasteiger partial charge on any atom is 0.494 e. The summed E-state index contributed by atoms with van der Waals surface area (Å²) in [5.41, 5.74) is 2.62. The summed E-state index contributed by atoms with van der Waals surface area (Å²) in [4.78, 5) is 8.54. The molecule has 1 aliphatic heterocycles. The topological polar surface area (TPSA) is 47.1 Å². The van der Waals surface area contributed by atoms with Crippen LogP contribution in [0.1, 0.15) is 65.1 Å². The molecule has 1 aliphatic carbocycles. The number of fused-ring (bicyclic) bond motifs is 3. The van der Waals surface area contributed by atoms with Gasteiger partial charge in [0.25, 0.3) is 0 Å². The summed E-state index contributed by atoms with van der Waals surface area (Å²) < 4.78 is 12.4. The van der Waals surface area contributed by atoms with Crippen LogP contribution in [0.15, 0.2) is 30.3 Å². The summed E-state index contributed by atoms with van der Waals surface area (Å²) in [6, 6.07) is 10.8. The minimum Gasteiger partial charge on any atom is -0.399 e. The summed E-state index contributed by atoms with van der Waals surface area (Å²) in [5.74, 6) is 1.75. The molecule has 5 rings (SSSR count).